The minimum Gasteiger partial charge on any atom is -0.494 e. The van der Waals surface area contributed by atoms with Crippen LogP contribution in [0.1, 0.15) is 26.7 Å². The average Bonchev–Trinajstić information content (AvgIpc) is 2.49. The van der Waals surface area contributed by atoms with Gasteiger partial charge in [0.1, 0.15) is 11.8 Å². The summed E-state index contributed by atoms with van der Waals surface area (Å²) in [4.78, 5) is 11.5. The van der Waals surface area contributed by atoms with Gasteiger partial charge in [0, 0.05) is 18.0 Å². The summed E-state index contributed by atoms with van der Waals surface area (Å²) in [5.41, 5.74) is 0.662. The van der Waals surface area contributed by atoms with Crippen LogP contribution < -0.4 is 10.1 Å². The van der Waals surface area contributed by atoms with E-state index in [4.69, 9.17) is 14.7 Å². The third-order valence-electron chi connectivity index (χ3n) is 2.60. The molecule has 0 atom stereocenters. The topological polar surface area (TPSA) is 71.3 Å². The minimum atomic E-state index is -0.636. The van der Waals surface area contributed by atoms with Gasteiger partial charge in [0.2, 0.25) is 0 Å². The summed E-state index contributed by atoms with van der Waals surface area (Å²) in [7, 11) is 0. The maximum absolute atomic E-state index is 11.5. The number of nitrogens with zero attached hydrogens (tertiary/aromatic N) is 1. The van der Waals surface area contributed by atoms with Crippen molar-refractivity contribution in [3.05, 3.63) is 36.0 Å². The molecule has 0 aliphatic heterocycles. The van der Waals surface area contributed by atoms with Gasteiger partial charge in [-0.1, -0.05) is 19.4 Å². The monoisotopic (exact) mass is 288 g/mol. The lowest BCUT2D eigenvalue weighted by Crippen LogP contribution is -2.07. The van der Waals surface area contributed by atoms with Crippen molar-refractivity contribution in [3.63, 3.8) is 0 Å². The number of hydrogen-bond acceptors (Lipinski definition) is 5. The van der Waals surface area contributed by atoms with Crippen molar-refractivity contribution in [2.75, 3.05) is 18.5 Å². The van der Waals surface area contributed by atoms with E-state index in [0.29, 0.717) is 6.61 Å². The van der Waals surface area contributed by atoms with Crippen molar-refractivity contribution in [1.82, 2.24) is 0 Å². The Morgan fingerprint density at radius 3 is 2.90 bits per heavy atom. The summed E-state index contributed by atoms with van der Waals surface area (Å²) < 4.78 is 10.4. The lowest BCUT2D eigenvalue weighted by molar-refractivity contribution is -0.138. The molecule has 5 nitrogen and oxygen atoms in total. The molecule has 1 aromatic rings. The Morgan fingerprint density at radius 2 is 2.24 bits per heavy atom. The summed E-state index contributed by atoms with van der Waals surface area (Å²) in [6.07, 6.45) is 3.41. The minimum absolute atomic E-state index is 0.0749. The van der Waals surface area contributed by atoms with Crippen molar-refractivity contribution >= 4 is 11.7 Å². The van der Waals surface area contributed by atoms with Gasteiger partial charge in [0.25, 0.3) is 0 Å². The molecule has 1 rings (SSSR count). The number of carbonyl (C=O) groups excluding carboxylic acids is 1. The smallest absolute Gasteiger partial charge is 0.350 e. The Morgan fingerprint density at radius 1 is 1.43 bits per heavy atom. The molecule has 0 radical (unpaired) electrons. The molecule has 112 valence electrons. The summed E-state index contributed by atoms with van der Waals surface area (Å²) in [5, 5.41) is 11.8. The van der Waals surface area contributed by atoms with Crippen molar-refractivity contribution in [1.29, 1.82) is 5.26 Å². The predicted molar refractivity (Wildman–Crippen MR) is 80.8 cm³/mol. The lowest BCUT2D eigenvalue weighted by atomic mass is 10.3. The van der Waals surface area contributed by atoms with Gasteiger partial charge in [0.05, 0.1) is 13.2 Å². The molecule has 0 aliphatic rings. The number of nitrogens with one attached hydrogen (secondary N) is 1. The Balaban J connectivity index is 2.67. The number of unbranched alkanes of at least 4 members (excludes halogenated alkanes) is 1. The Labute approximate surface area is 125 Å². The molecule has 0 bridgehead atoms. The van der Waals surface area contributed by atoms with Crippen LogP contribution >= 0.6 is 0 Å². The molecule has 1 N–H and O–H groups in total. The largest absolute Gasteiger partial charge is 0.494 e. The van der Waals surface area contributed by atoms with Gasteiger partial charge >= 0.3 is 5.97 Å². The first-order valence-corrected chi connectivity index (χ1v) is 6.98. The van der Waals surface area contributed by atoms with Gasteiger partial charge in [-0.15, -0.1) is 0 Å². The number of nitriles is 1. The zero-order valence-electron chi connectivity index (χ0n) is 12.4. The van der Waals surface area contributed by atoms with Gasteiger partial charge in [-0.2, -0.15) is 5.26 Å². The van der Waals surface area contributed by atoms with Crippen LogP contribution in [0.25, 0.3) is 0 Å². The van der Waals surface area contributed by atoms with Gasteiger partial charge in [-0.3, -0.25) is 0 Å². The Kier molecular flexibility index (Phi) is 7.44. The fourth-order valence-electron chi connectivity index (χ4n) is 1.51. The third kappa shape index (κ3) is 6.00. The Bertz CT molecular complexity index is 533. The van der Waals surface area contributed by atoms with E-state index in [9.17, 15) is 4.79 Å². The van der Waals surface area contributed by atoms with Crippen LogP contribution in [0, 0.1) is 11.3 Å². The van der Waals surface area contributed by atoms with E-state index in [-0.39, 0.29) is 12.2 Å². The molecule has 0 aromatic heterocycles. The van der Waals surface area contributed by atoms with Crippen molar-refractivity contribution in [2.24, 2.45) is 0 Å². The van der Waals surface area contributed by atoms with E-state index in [1.165, 1.54) is 6.20 Å². The van der Waals surface area contributed by atoms with Gasteiger partial charge < -0.3 is 14.8 Å². The highest BCUT2D eigenvalue weighted by Gasteiger charge is 2.09. The van der Waals surface area contributed by atoms with Crippen molar-refractivity contribution in [3.8, 4) is 11.8 Å². The van der Waals surface area contributed by atoms with Crippen LogP contribution in [0.3, 0.4) is 0 Å². The first kappa shape index (κ1) is 16.6. The van der Waals surface area contributed by atoms with Gasteiger partial charge in [0.15, 0.2) is 5.57 Å². The Hall–Kier alpha value is -2.48. The number of anilines is 1. The van der Waals surface area contributed by atoms with E-state index in [0.717, 1.165) is 24.3 Å². The maximum Gasteiger partial charge on any atom is 0.350 e. The SMILES string of the molecule is CCCCOc1cccc(N/C=C(\C#N)C(=O)OCC)c1. The molecule has 0 saturated heterocycles. The number of ether oxygens (including phenoxy) is 2. The molecular formula is C16H20N2O3. The highest BCUT2D eigenvalue weighted by molar-refractivity contribution is 5.93. The van der Waals surface area contributed by atoms with Crippen LogP contribution in [-0.4, -0.2) is 19.2 Å². The van der Waals surface area contributed by atoms with Crippen LogP contribution in [0.15, 0.2) is 36.0 Å². The molecule has 21 heavy (non-hydrogen) atoms. The second kappa shape index (κ2) is 9.43. The molecule has 0 aliphatic carbocycles. The van der Waals surface area contributed by atoms with Gasteiger partial charge in [-0.05, 0) is 25.5 Å². The quantitative estimate of drug-likeness (QED) is 0.344. The van der Waals surface area contributed by atoms with E-state index >= 15 is 0 Å². The van der Waals surface area contributed by atoms with E-state index < -0.39 is 5.97 Å². The lowest BCUT2D eigenvalue weighted by Gasteiger charge is -2.07. The maximum atomic E-state index is 11.5. The van der Waals surface area contributed by atoms with E-state index in [1.54, 1.807) is 13.0 Å². The van der Waals surface area contributed by atoms with Crippen LogP contribution in [0.2, 0.25) is 0 Å². The highest BCUT2D eigenvalue weighted by Crippen LogP contribution is 2.18. The third-order valence-corrected chi connectivity index (χ3v) is 2.60. The molecule has 5 heteroatoms. The van der Waals surface area contributed by atoms with Gasteiger partial charge in [-0.25, -0.2) is 4.79 Å². The molecule has 0 unspecified atom stereocenters. The average molecular weight is 288 g/mol. The number of benzene rings is 1. The molecule has 0 heterocycles. The van der Waals surface area contributed by atoms with Crippen LogP contribution in [-0.2, 0) is 9.53 Å². The normalized spacial score (nSPS) is 10.6. The summed E-state index contributed by atoms with van der Waals surface area (Å²) in [5.74, 6) is 0.111. The number of rotatable bonds is 8. The molecule has 1 aromatic carbocycles. The fraction of sp³-hybridized carbons (Fsp3) is 0.375. The first-order valence-electron chi connectivity index (χ1n) is 6.98. The highest BCUT2D eigenvalue weighted by atomic mass is 16.5. The van der Waals surface area contributed by atoms with Crippen molar-refractivity contribution < 1.29 is 14.3 Å². The molecule has 0 amide bonds. The zero-order chi connectivity index (χ0) is 15.5. The van der Waals surface area contributed by atoms with E-state index in [2.05, 4.69) is 12.2 Å². The molecule has 0 fully saturated rings. The second-order valence-corrected chi connectivity index (χ2v) is 4.26. The summed E-state index contributed by atoms with van der Waals surface area (Å²) in [6.45, 7) is 4.70. The van der Waals surface area contributed by atoms with Crippen LogP contribution in [0.5, 0.6) is 5.75 Å². The summed E-state index contributed by atoms with van der Waals surface area (Å²) >= 11 is 0. The van der Waals surface area contributed by atoms with E-state index in [1.807, 2.05) is 24.3 Å². The number of esters is 1. The predicted octanol–water partition coefficient (Wildman–Crippen LogP) is 3.25. The zero-order valence-corrected chi connectivity index (χ0v) is 12.4. The number of carbonyl (C=O) groups is 1. The molecular weight excluding hydrogens is 268 g/mol. The standard InChI is InChI=1S/C16H20N2O3/c1-3-5-9-21-15-8-6-7-14(10-15)18-12-13(11-17)16(19)20-4-2/h6-8,10,12,18H,3-5,9H2,1-2H3/b13-12+. The summed E-state index contributed by atoms with van der Waals surface area (Å²) in [6, 6.07) is 9.14. The number of hydrogen-bond donors (Lipinski definition) is 1. The van der Waals surface area contributed by atoms with Crippen LogP contribution in [0.4, 0.5) is 5.69 Å². The molecule has 0 spiro atoms. The second-order valence-electron chi connectivity index (χ2n) is 4.26. The molecule has 0 saturated carbocycles. The van der Waals surface area contributed by atoms with Crippen molar-refractivity contribution in [2.45, 2.75) is 26.7 Å². The first-order chi connectivity index (χ1) is 10.2. The fourth-order valence-corrected chi connectivity index (χ4v) is 1.51.